The lowest BCUT2D eigenvalue weighted by atomic mass is 10.0. The van der Waals surface area contributed by atoms with Crippen molar-refractivity contribution in [3.05, 3.63) is 46.4 Å². The predicted molar refractivity (Wildman–Crippen MR) is 129 cm³/mol. The first-order valence-electron chi connectivity index (χ1n) is 11.4. The molecule has 1 aromatic heterocycles. The molecule has 0 bridgehead atoms. The molecule has 2 aromatic rings. The van der Waals surface area contributed by atoms with Gasteiger partial charge in [0.2, 0.25) is 15.8 Å². The third-order valence-corrected chi connectivity index (χ3v) is 7.92. The highest BCUT2D eigenvalue weighted by Crippen LogP contribution is 2.28. The summed E-state index contributed by atoms with van der Waals surface area (Å²) in [6.45, 7) is 9.19. The van der Waals surface area contributed by atoms with Crippen LogP contribution in [0.1, 0.15) is 41.0 Å². The molecule has 0 aliphatic carbocycles. The standard InChI is InChI=1S/C23H32F2N4O5S/c1-15(2)35(32,33)28-8-6-27(7-9-28)20-14-26-29(19-11-17(24)10-18(25)12-19)22(30)21(20)34-16(3)13-23(4,5)31/h10-12,14-16,31H,6-9,13H2,1-5H3. The van der Waals surface area contributed by atoms with Gasteiger partial charge in [0, 0.05) is 38.7 Å². The van der Waals surface area contributed by atoms with Crippen LogP contribution in [0.4, 0.5) is 14.5 Å². The lowest BCUT2D eigenvalue weighted by Crippen LogP contribution is -2.50. The van der Waals surface area contributed by atoms with E-state index in [2.05, 4.69) is 5.10 Å². The van der Waals surface area contributed by atoms with Crippen molar-refractivity contribution in [2.45, 2.75) is 58.0 Å². The summed E-state index contributed by atoms with van der Waals surface area (Å²) in [4.78, 5) is 15.2. The summed E-state index contributed by atoms with van der Waals surface area (Å²) in [5, 5.41) is 13.7. The van der Waals surface area contributed by atoms with Gasteiger partial charge in [0.25, 0.3) is 0 Å². The van der Waals surface area contributed by atoms with Crippen LogP contribution >= 0.6 is 0 Å². The molecule has 2 heterocycles. The Bertz CT molecular complexity index is 1200. The molecule has 0 amide bonds. The van der Waals surface area contributed by atoms with Gasteiger partial charge in [0.15, 0.2) is 0 Å². The van der Waals surface area contributed by atoms with Crippen LogP contribution in [0.2, 0.25) is 0 Å². The zero-order chi connectivity index (χ0) is 26.1. The molecule has 1 fully saturated rings. The summed E-state index contributed by atoms with van der Waals surface area (Å²) in [5.74, 6) is -1.82. The quantitative estimate of drug-likeness (QED) is 0.576. The second-order valence-electron chi connectivity index (χ2n) is 9.63. The van der Waals surface area contributed by atoms with Gasteiger partial charge in [-0.2, -0.15) is 14.1 Å². The number of sulfonamides is 1. The molecular weight excluding hydrogens is 482 g/mol. The molecule has 1 N–H and O–H groups in total. The van der Waals surface area contributed by atoms with Crippen molar-refractivity contribution in [2.75, 3.05) is 31.1 Å². The van der Waals surface area contributed by atoms with Crippen molar-refractivity contribution in [2.24, 2.45) is 0 Å². The number of benzene rings is 1. The number of piperazine rings is 1. The molecule has 1 aromatic carbocycles. The van der Waals surface area contributed by atoms with Crippen LogP contribution in [-0.2, 0) is 10.0 Å². The number of hydrogen-bond donors (Lipinski definition) is 1. The fourth-order valence-electron chi connectivity index (χ4n) is 4.04. The van der Waals surface area contributed by atoms with Crippen LogP contribution in [0.15, 0.2) is 29.2 Å². The van der Waals surface area contributed by atoms with Crippen molar-refractivity contribution in [1.82, 2.24) is 14.1 Å². The lowest BCUT2D eigenvalue weighted by Gasteiger charge is -2.36. The van der Waals surface area contributed by atoms with Crippen LogP contribution < -0.4 is 15.2 Å². The Morgan fingerprint density at radius 3 is 2.17 bits per heavy atom. The van der Waals surface area contributed by atoms with E-state index in [1.807, 2.05) is 0 Å². The minimum absolute atomic E-state index is 0.0958. The van der Waals surface area contributed by atoms with E-state index in [1.165, 1.54) is 10.5 Å². The van der Waals surface area contributed by atoms with E-state index in [-0.39, 0.29) is 30.9 Å². The van der Waals surface area contributed by atoms with Crippen LogP contribution in [0, 0.1) is 11.6 Å². The summed E-state index contributed by atoms with van der Waals surface area (Å²) in [6.07, 6.45) is 0.996. The molecule has 1 unspecified atom stereocenters. The topological polar surface area (TPSA) is 105 Å². The normalized spacial score (nSPS) is 16.5. The lowest BCUT2D eigenvalue weighted by molar-refractivity contribution is 0.0319. The maximum absolute atomic E-state index is 13.8. The summed E-state index contributed by atoms with van der Waals surface area (Å²) in [7, 11) is -3.42. The van der Waals surface area contributed by atoms with E-state index in [1.54, 1.807) is 39.5 Å². The number of ether oxygens (including phenoxy) is 1. The maximum atomic E-state index is 13.8. The zero-order valence-corrected chi connectivity index (χ0v) is 21.3. The summed E-state index contributed by atoms with van der Waals surface area (Å²) in [6, 6.07) is 2.66. The molecule has 3 rings (SSSR count). The molecule has 12 heteroatoms. The van der Waals surface area contributed by atoms with Crippen LogP contribution in [0.25, 0.3) is 5.69 Å². The van der Waals surface area contributed by atoms with Gasteiger partial charge in [-0.05, 0) is 46.8 Å². The second-order valence-corrected chi connectivity index (χ2v) is 12.1. The van der Waals surface area contributed by atoms with Gasteiger partial charge in [-0.3, -0.25) is 4.79 Å². The number of aromatic nitrogens is 2. The summed E-state index contributed by atoms with van der Waals surface area (Å²) >= 11 is 0. The van der Waals surface area contributed by atoms with Gasteiger partial charge in [-0.15, -0.1) is 0 Å². The van der Waals surface area contributed by atoms with Crippen LogP contribution in [-0.4, -0.2) is 70.7 Å². The Kier molecular flexibility index (Phi) is 7.87. The third kappa shape index (κ3) is 6.36. The van der Waals surface area contributed by atoms with E-state index in [0.717, 1.165) is 16.8 Å². The predicted octanol–water partition coefficient (Wildman–Crippen LogP) is 2.30. The zero-order valence-electron chi connectivity index (χ0n) is 20.5. The van der Waals surface area contributed by atoms with Crippen molar-refractivity contribution in [1.29, 1.82) is 0 Å². The van der Waals surface area contributed by atoms with E-state index in [0.29, 0.717) is 24.8 Å². The van der Waals surface area contributed by atoms with Crippen molar-refractivity contribution >= 4 is 15.7 Å². The highest BCUT2D eigenvalue weighted by Gasteiger charge is 2.31. The SMILES string of the molecule is CC(CC(C)(C)O)Oc1c(N2CCN(S(=O)(=O)C(C)C)CC2)cnn(-c2cc(F)cc(F)c2)c1=O. The molecular formula is C23H32F2N4O5S. The van der Waals surface area contributed by atoms with E-state index >= 15 is 0 Å². The first kappa shape index (κ1) is 27.0. The Hall–Kier alpha value is -2.57. The van der Waals surface area contributed by atoms with E-state index in [4.69, 9.17) is 4.74 Å². The van der Waals surface area contributed by atoms with Crippen molar-refractivity contribution in [3.8, 4) is 11.4 Å². The molecule has 0 radical (unpaired) electrons. The largest absolute Gasteiger partial charge is 0.483 e. The average Bonchev–Trinajstić information content (AvgIpc) is 2.73. The Balaban J connectivity index is 1.99. The van der Waals surface area contributed by atoms with Gasteiger partial charge >= 0.3 is 5.56 Å². The Morgan fingerprint density at radius 2 is 1.66 bits per heavy atom. The van der Waals surface area contributed by atoms with E-state index in [9.17, 15) is 27.1 Å². The second kappa shape index (κ2) is 10.2. The number of anilines is 1. The molecule has 0 spiro atoms. The highest BCUT2D eigenvalue weighted by molar-refractivity contribution is 7.89. The number of rotatable bonds is 8. The Labute approximate surface area is 204 Å². The molecule has 1 aliphatic rings. The molecule has 1 atom stereocenters. The van der Waals surface area contributed by atoms with Crippen molar-refractivity contribution in [3.63, 3.8) is 0 Å². The molecule has 35 heavy (non-hydrogen) atoms. The van der Waals surface area contributed by atoms with E-state index < -0.39 is 44.2 Å². The number of hydrogen-bond acceptors (Lipinski definition) is 7. The fraction of sp³-hybridized carbons (Fsp3) is 0.565. The molecule has 194 valence electrons. The minimum Gasteiger partial charge on any atom is -0.483 e. The first-order valence-corrected chi connectivity index (χ1v) is 12.9. The van der Waals surface area contributed by atoms with Crippen molar-refractivity contribution < 1.29 is 27.0 Å². The first-order chi connectivity index (χ1) is 16.2. The summed E-state index contributed by atoms with van der Waals surface area (Å²) in [5.41, 5.74) is -1.56. The molecule has 1 aliphatic heterocycles. The third-order valence-electron chi connectivity index (χ3n) is 5.65. The van der Waals surface area contributed by atoms with Crippen LogP contribution in [0.3, 0.4) is 0 Å². The highest BCUT2D eigenvalue weighted by atomic mass is 32.2. The Morgan fingerprint density at radius 1 is 1.09 bits per heavy atom. The number of nitrogens with zero attached hydrogens (tertiary/aromatic N) is 4. The molecule has 9 nitrogen and oxygen atoms in total. The van der Waals surface area contributed by atoms with Gasteiger partial charge in [-0.25, -0.2) is 17.2 Å². The summed E-state index contributed by atoms with van der Waals surface area (Å²) < 4.78 is 60.9. The van der Waals surface area contributed by atoms with Gasteiger partial charge in [0.1, 0.15) is 17.3 Å². The number of halogens is 2. The maximum Gasteiger partial charge on any atom is 0.316 e. The molecule has 0 saturated carbocycles. The monoisotopic (exact) mass is 514 g/mol. The minimum atomic E-state index is -3.42. The van der Waals surface area contributed by atoms with Crippen LogP contribution in [0.5, 0.6) is 5.75 Å². The average molecular weight is 515 g/mol. The van der Waals surface area contributed by atoms with Gasteiger partial charge < -0.3 is 14.7 Å². The van der Waals surface area contributed by atoms with Gasteiger partial charge in [0.05, 0.1) is 28.8 Å². The van der Waals surface area contributed by atoms with Gasteiger partial charge in [-0.1, -0.05) is 0 Å². The fourth-order valence-corrected chi connectivity index (χ4v) is 5.31. The molecule has 1 saturated heterocycles. The smallest absolute Gasteiger partial charge is 0.316 e. The number of aliphatic hydroxyl groups is 1.